The van der Waals surface area contributed by atoms with Gasteiger partial charge in [-0.2, -0.15) is 31.4 Å². The van der Waals surface area contributed by atoms with Gasteiger partial charge in [-0.3, -0.25) is 9.48 Å². The Morgan fingerprint density at radius 2 is 1.67 bits per heavy atom. The lowest BCUT2D eigenvalue weighted by Gasteiger charge is -2.13. The number of fused-ring (bicyclic) bond motifs is 1. The average Bonchev–Trinajstić information content (AvgIpc) is 3.30. The number of carbonyl (C=O) groups is 1. The Labute approximate surface area is 183 Å². The molecule has 1 amide bonds. The Bertz CT molecular complexity index is 1210. The maximum atomic E-state index is 13.3. The van der Waals surface area contributed by atoms with Gasteiger partial charge in [-0.15, -0.1) is 0 Å². The molecular weight excluding hydrogens is 452 g/mol. The summed E-state index contributed by atoms with van der Waals surface area (Å²) in [4.78, 5) is 12.6. The van der Waals surface area contributed by atoms with Gasteiger partial charge in [-0.25, -0.2) is 0 Å². The number of nitrogens with one attached hydrogen (secondary N) is 1. The molecule has 1 N–H and O–H groups in total. The lowest BCUT2D eigenvalue weighted by Crippen LogP contribution is -2.28. The number of benzene rings is 2. The van der Waals surface area contributed by atoms with Crippen molar-refractivity contribution in [3.05, 3.63) is 71.5 Å². The third-order valence-corrected chi connectivity index (χ3v) is 5.32. The van der Waals surface area contributed by atoms with E-state index in [2.05, 4.69) is 10.4 Å². The molecule has 2 unspecified atom stereocenters. The third kappa shape index (κ3) is 4.67. The average molecular weight is 469 g/mol. The first kappa shape index (κ1) is 22.7. The van der Waals surface area contributed by atoms with E-state index in [0.717, 1.165) is 24.3 Å². The summed E-state index contributed by atoms with van der Waals surface area (Å²) < 4.78 is 84.7. The second-order valence-electron chi connectivity index (χ2n) is 7.62. The van der Waals surface area contributed by atoms with Gasteiger partial charge in [-0.05, 0) is 48.9 Å². The molecule has 0 bridgehead atoms. The van der Waals surface area contributed by atoms with E-state index in [9.17, 15) is 31.1 Å². The molecule has 0 radical (unpaired) electrons. The molecule has 4 rings (SSSR count). The lowest BCUT2D eigenvalue weighted by molar-refractivity contribution is -0.138. The van der Waals surface area contributed by atoms with Gasteiger partial charge < -0.3 is 10.1 Å². The molecule has 1 aromatic heterocycles. The molecule has 0 saturated carbocycles. The van der Waals surface area contributed by atoms with Gasteiger partial charge in [0.2, 0.25) is 5.91 Å². The molecule has 0 fully saturated rings. The second kappa shape index (κ2) is 8.13. The highest BCUT2D eigenvalue weighted by molar-refractivity contribution is 6.01. The van der Waals surface area contributed by atoms with Gasteiger partial charge in [0.1, 0.15) is 6.10 Å². The van der Waals surface area contributed by atoms with Crippen LogP contribution >= 0.6 is 0 Å². The first-order valence-electron chi connectivity index (χ1n) is 9.80. The van der Waals surface area contributed by atoms with Gasteiger partial charge in [0, 0.05) is 5.39 Å². The maximum Gasteiger partial charge on any atom is 0.416 e. The largest absolute Gasteiger partial charge is 0.497 e. The van der Waals surface area contributed by atoms with Crippen molar-refractivity contribution in [2.45, 2.75) is 31.9 Å². The van der Waals surface area contributed by atoms with Crippen molar-refractivity contribution in [1.29, 1.82) is 0 Å². The summed E-state index contributed by atoms with van der Waals surface area (Å²) in [6.45, 7) is 1.66. The summed E-state index contributed by atoms with van der Waals surface area (Å²) in [5, 5.41) is 6.85. The molecule has 174 valence electrons. The van der Waals surface area contributed by atoms with Crippen molar-refractivity contribution >= 4 is 22.6 Å². The van der Waals surface area contributed by atoms with E-state index >= 15 is 0 Å². The van der Waals surface area contributed by atoms with E-state index in [1.54, 1.807) is 6.92 Å². The molecule has 33 heavy (non-hydrogen) atoms. The van der Waals surface area contributed by atoms with Crippen LogP contribution in [0.3, 0.4) is 0 Å². The topological polar surface area (TPSA) is 56.1 Å². The van der Waals surface area contributed by atoms with Crippen LogP contribution in [0.1, 0.15) is 23.6 Å². The monoisotopic (exact) mass is 469 g/mol. The van der Waals surface area contributed by atoms with Gasteiger partial charge >= 0.3 is 12.4 Å². The molecule has 0 aliphatic carbocycles. The number of hydrogen-bond donors (Lipinski definition) is 1. The zero-order valence-electron chi connectivity index (χ0n) is 17.0. The van der Waals surface area contributed by atoms with Crippen LogP contribution in [0, 0.1) is 5.92 Å². The number of hydrogen-bond acceptors (Lipinski definition) is 3. The summed E-state index contributed by atoms with van der Waals surface area (Å²) in [5.41, 5.74) is -1.01. The van der Waals surface area contributed by atoms with Gasteiger partial charge in [0.05, 0.1) is 35.4 Å². The molecule has 3 aromatic rings. The number of carbonyl (C=O) groups excluding carboxylic acids is 1. The fraction of sp³-hybridized carbons (Fsp3) is 0.273. The van der Waals surface area contributed by atoms with E-state index in [-0.39, 0.29) is 23.3 Å². The molecule has 1 aliphatic rings. The SMILES string of the molecule is CC1OC=CC1C(=O)Nc1nn(Cc2ccc(C(F)(F)F)cc2)c2ccc(C(F)(F)F)cc12. The normalized spacial score (nSPS) is 18.5. The Kier molecular flexibility index (Phi) is 5.59. The molecule has 2 heterocycles. The zero-order chi connectivity index (χ0) is 24.0. The highest BCUT2D eigenvalue weighted by atomic mass is 19.4. The third-order valence-electron chi connectivity index (χ3n) is 5.32. The fourth-order valence-corrected chi connectivity index (χ4v) is 3.54. The number of aromatic nitrogens is 2. The molecule has 1 aliphatic heterocycles. The summed E-state index contributed by atoms with van der Waals surface area (Å²) in [7, 11) is 0. The van der Waals surface area contributed by atoms with Gasteiger partial charge in [-0.1, -0.05) is 12.1 Å². The summed E-state index contributed by atoms with van der Waals surface area (Å²) in [6, 6.07) is 7.34. The van der Waals surface area contributed by atoms with Crippen LogP contribution in [0.15, 0.2) is 54.8 Å². The maximum absolute atomic E-state index is 13.3. The number of nitrogens with zero attached hydrogens (tertiary/aromatic N) is 2. The molecule has 11 heteroatoms. The van der Waals surface area contributed by atoms with Crippen LogP contribution in [0.25, 0.3) is 10.9 Å². The van der Waals surface area contributed by atoms with E-state index < -0.39 is 41.4 Å². The van der Waals surface area contributed by atoms with E-state index in [4.69, 9.17) is 4.74 Å². The van der Waals surface area contributed by atoms with Crippen molar-refractivity contribution in [2.75, 3.05) is 5.32 Å². The van der Waals surface area contributed by atoms with Crippen molar-refractivity contribution < 1.29 is 35.9 Å². The van der Waals surface area contributed by atoms with Gasteiger partial charge in [0.25, 0.3) is 0 Å². The number of rotatable bonds is 4. The van der Waals surface area contributed by atoms with Crippen LogP contribution in [-0.4, -0.2) is 21.8 Å². The van der Waals surface area contributed by atoms with Crippen molar-refractivity contribution in [3.8, 4) is 0 Å². The Balaban J connectivity index is 1.70. The van der Waals surface area contributed by atoms with Crippen LogP contribution in [0.5, 0.6) is 0 Å². The van der Waals surface area contributed by atoms with Crippen LogP contribution in [0.2, 0.25) is 0 Å². The second-order valence-corrected chi connectivity index (χ2v) is 7.62. The lowest BCUT2D eigenvalue weighted by atomic mass is 10.0. The standard InChI is InChI=1S/C22H17F6N3O2/c1-12-16(8-9-33-12)20(32)29-19-17-10-15(22(26,27)28)6-7-18(17)31(30-19)11-13-2-4-14(5-3-13)21(23,24)25/h2-10,12,16H,11H2,1H3,(H,29,30,32). The summed E-state index contributed by atoms with van der Waals surface area (Å²) in [6.07, 6.45) is -6.64. The predicted octanol–water partition coefficient (Wildman–Crippen LogP) is 5.61. The molecule has 2 aromatic carbocycles. The Morgan fingerprint density at radius 3 is 2.24 bits per heavy atom. The highest BCUT2D eigenvalue weighted by Gasteiger charge is 2.33. The van der Waals surface area contributed by atoms with E-state index in [1.165, 1.54) is 35.2 Å². The first-order chi connectivity index (χ1) is 15.4. The molecular formula is C22H17F6N3O2. The number of amides is 1. The quantitative estimate of drug-likeness (QED) is 0.506. The number of anilines is 1. The summed E-state index contributed by atoms with van der Waals surface area (Å²) >= 11 is 0. The molecule has 0 saturated heterocycles. The molecule has 0 spiro atoms. The van der Waals surface area contributed by atoms with Crippen molar-refractivity contribution in [2.24, 2.45) is 5.92 Å². The number of halogens is 6. The molecule has 2 atom stereocenters. The van der Waals surface area contributed by atoms with E-state index in [0.29, 0.717) is 5.56 Å². The number of ether oxygens (including phenoxy) is 1. The van der Waals surface area contributed by atoms with Crippen LogP contribution in [-0.2, 0) is 28.4 Å². The van der Waals surface area contributed by atoms with E-state index in [1.807, 2.05) is 0 Å². The minimum Gasteiger partial charge on any atom is -0.497 e. The molecule has 5 nitrogen and oxygen atoms in total. The Morgan fingerprint density at radius 1 is 1.03 bits per heavy atom. The highest BCUT2D eigenvalue weighted by Crippen LogP contribution is 2.34. The first-order valence-corrected chi connectivity index (χ1v) is 9.80. The van der Waals surface area contributed by atoms with Crippen LogP contribution in [0.4, 0.5) is 32.2 Å². The minimum absolute atomic E-state index is 0.0152. The van der Waals surface area contributed by atoms with Crippen molar-refractivity contribution in [3.63, 3.8) is 0 Å². The fourth-order valence-electron chi connectivity index (χ4n) is 3.54. The predicted molar refractivity (Wildman–Crippen MR) is 107 cm³/mol. The minimum atomic E-state index is -4.61. The number of alkyl halides is 6. The summed E-state index contributed by atoms with van der Waals surface area (Å²) in [5.74, 6) is -1.24. The zero-order valence-corrected chi connectivity index (χ0v) is 17.0. The Hall–Kier alpha value is -3.50. The van der Waals surface area contributed by atoms with Gasteiger partial charge in [0.15, 0.2) is 5.82 Å². The van der Waals surface area contributed by atoms with Crippen LogP contribution < -0.4 is 5.32 Å². The van der Waals surface area contributed by atoms with Crippen molar-refractivity contribution in [1.82, 2.24) is 9.78 Å². The smallest absolute Gasteiger partial charge is 0.416 e.